The van der Waals surface area contributed by atoms with E-state index in [4.69, 9.17) is 9.84 Å². The van der Waals surface area contributed by atoms with E-state index in [0.29, 0.717) is 0 Å². The maximum atomic E-state index is 12.0. The predicted octanol–water partition coefficient (Wildman–Crippen LogP) is 2.76. The first kappa shape index (κ1) is 14.5. The molecule has 1 N–H and O–H groups in total. The molecule has 1 unspecified atom stereocenters. The van der Waals surface area contributed by atoms with Crippen molar-refractivity contribution in [2.45, 2.75) is 53.4 Å². The van der Waals surface area contributed by atoms with Gasteiger partial charge in [0.05, 0.1) is 12.5 Å². The highest BCUT2D eigenvalue weighted by molar-refractivity contribution is 5.74. The third kappa shape index (κ3) is 2.65. The molecule has 2 atom stereocenters. The summed E-state index contributed by atoms with van der Waals surface area (Å²) in [5, 5.41) is 8.70. The highest BCUT2D eigenvalue weighted by atomic mass is 16.5. The van der Waals surface area contributed by atoms with Crippen molar-refractivity contribution in [1.82, 2.24) is 0 Å². The second-order valence-corrected chi connectivity index (χ2v) is 6.01. The number of esters is 1. The lowest BCUT2D eigenvalue weighted by atomic mass is 9.64. The van der Waals surface area contributed by atoms with Crippen LogP contribution in [0.5, 0.6) is 0 Å². The van der Waals surface area contributed by atoms with Crippen molar-refractivity contribution in [2.75, 3.05) is 13.2 Å². The number of carbonyl (C=O) groups is 1. The minimum atomic E-state index is -0.135. The van der Waals surface area contributed by atoms with Crippen molar-refractivity contribution >= 4 is 5.97 Å². The molecule has 0 aromatic heterocycles. The van der Waals surface area contributed by atoms with Gasteiger partial charge in [0.25, 0.3) is 0 Å². The van der Waals surface area contributed by atoms with E-state index in [2.05, 4.69) is 27.7 Å². The summed E-state index contributed by atoms with van der Waals surface area (Å²) in [4.78, 5) is 12.0. The Balaban J connectivity index is 2.74. The van der Waals surface area contributed by atoms with Crippen molar-refractivity contribution in [3.05, 3.63) is 0 Å². The lowest BCUT2D eigenvalue weighted by Crippen LogP contribution is -2.38. The van der Waals surface area contributed by atoms with Crippen LogP contribution in [0.15, 0.2) is 0 Å². The Morgan fingerprint density at radius 2 is 2.06 bits per heavy atom. The van der Waals surface area contributed by atoms with Gasteiger partial charge >= 0.3 is 5.97 Å². The summed E-state index contributed by atoms with van der Waals surface area (Å²) in [5.41, 5.74) is 0.209. The van der Waals surface area contributed by atoms with Crippen molar-refractivity contribution in [1.29, 1.82) is 0 Å². The van der Waals surface area contributed by atoms with Gasteiger partial charge in [-0.1, -0.05) is 34.1 Å². The number of carbonyl (C=O) groups excluding carboxylic acids is 1. The smallest absolute Gasteiger partial charge is 0.309 e. The molecule has 3 heteroatoms. The number of aliphatic hydroxyl groups is 1. The van der Waals surface area contributed by atoms with E-state index in [0.717, 1.165) is 25.7 Å². The van der Waals surface area contributed by atoms with E-state index in [-0.39, 0.29) is 35.9 Å². The topological polar surface area (TPSA) is 46.5 Å². The molecule has 0 aliphatic heterocycles. The Morgan fingerprint density at radius 1 is 1.41 bits per heavy atom. The lowest BCUT2D eigenvalue weighted by Gasteiger charge is -2.41. The van der Waals surface area contributed by atoms with Gasteiger partial charge in [-0.05, 0) is 30.1 Å². The van der Waals surface area contributed by atoms with Crippen molar-refractivity contribution in [2.24, 2.45) is 16.7 Å². The largest absolute Gasteiger partial charge is 0.463 e. The maximum Gasteiger partial charge on any atom is 0.309 e. The summed E-state index contributed by atoms with van der Waals surface area (Å²) < 4.78 is 5.09. The van der Waals surface area contributed by atoms with Gasteiger partial charge in [0.15, 0.2) is 0 Å². The van der Waals surface area contributed by atoms with E-state index in [1.165, 1.54) is 0 Å². The summed E-state index contributed by atoms with van der Waals surface area (Å²) in [6, 6.07) is 0. The number of rotatable bonds is 5. The van der Waals surface area contributed by atoms with E-state index in [9.17, 15) is 4.79 Å². The highest BCUT2D eigenvalue weighted by Crippen LogP contribution is 2.58. The molecule has 0 heterocycles. The fourth-order valence-corrected chi connectivity index (χ4v) is 3.22. The molecule has 3 nitrogen and oxygen atoms in total. The molecule has 1 aliphatic rings. The van der Waals surface area contributed by atoms with Crippen molar-refractivity contribution in [3.8, 4) is 0 Å². The van der Waals surface area contributed by atoms with E-state index < -0.39 is 0 Å². The number of hydrogen-bond donors (Lipinski definition) is 1. The summed E-state index contributed by atoms with van der Waals surface area (Å²) in [7, 11) is 0. The van der Waals surface area contributed by atoms with Crippen LogP contribution in [0.25, 0.3) is 0 Å². The zero-order valence-corrected chi connectivity index (χ0v) is 11.6. The predicted molar refractivity (Wildman–Crippen MR) is 67.6 cm³/mol. The zero-order valence-electron chi connectivity index (χ0n) is 11.6. The minimum Gasteiger partial charge on any atom is -0.463 e. The van der Waals surface area contributed by atoms with Crippen LogP contribution in [0.3, 0.4) is 0 Å². The van der Waals surface area contributed by atoms with Crippen LogP contribution >= 0.6 is 0 Å². The Labute approximate surface area is 105 Å². The SMILES string of the molecule is CCC[C@]1(C)CCC(C(=O)OCCO)C1(C)C. The molecule has 0 aromatic carbocycles. The first-order valence-electron chi connectivity index (χ1n) is 6.66. The zero-order chi connectivity index (χ0) is 13.1. The van der Waals surface area contributed by atoms with Gasteiger partial charge < -0.3 is 9.84 Å². The molecule has 100 valence electrons. The normalized spacial score (nSPS) is 31.5. The van der Waals surface area contributed by atoms with Gasteiger partial charge in [0.2, 0.25) is 0 Å². The Bertz CT molecular complexity index is 273. The van der Waals surface area contributed by atoms with Crippen molar-refractivity contribution in [3.63, 3.8) is 0 Å². The molecule has 1 saturated carbocycles. The molecule has 0 saturated heterocycles. The Morgan fingerprint density at radius 3 is 2.59 bits per heavy atom. The molecule has 0 spiro atoms. The average Bonchev–Trinajstić information content (AvgIpc) is 2.48. The molecular weight excluding hydrogens is 216 g/mol. The van der Waals surface area contributed by atoms with Gasteiger partial charge in [-0.25, -0.2) is 0 Å². The maximum absolute atomic E-state index is 12.0. The summed E-state index contributed by atoms with van der Waals surface area (Å²) in [6.45, 7) is 8.87. The fraction of sp³-hybridized carbons (Fsp3) is 0.929. The van der Waals surface area contributed by atoms with Crippen LogP contribution in [0.4, 0.5) is 0 Å². The molecule has 1 rings (SSSR count). The molecule has 17 heavy (non-hydrogen) atoms. The number of ether oxygens (including phenoxy) is 1. The molecule has 0 aromatic rings. The van der Waals surface area contributed by atoms with E-state index in [1.54, 1.807) is 0 Å². The summed E-state index contributed by atoms with van der Waals surface area (Å²) in [6.07, 6.45) is 4.31. The van der Waals surface area contributed by atoms with Crippen LogP contribution in [0, 0.1) is 16.7 Å². The minimum absolute atomic E-state index is 0.0183. The second kappa shape index (κ2) is 5.38. The lowest BCUT2D eigenvalue weighted by molar-refractivity contribution is -0.154. The molecule has 0 amide bonds. The molecule has 1 fully saturated rings. The fourth-order valence-electron chi connectivity index (χ4n) is 3.22. The Hall–Kier alpha value is -0.570. The van der Waals surface area contributed by atoms with Crippen LogP contribution in [0.1, 0.15) is 53.4 Å². The third-order valence-electron chi connectivity index (χ3n) is 4.83. The number of aliphatic hydroxyl groups excluding tert-OH is 1. The van der Waals surface area contributed by atoms with Crippen LogP contribution in [0.2, 0.25) is 0 Å². The average molecular weight is 242 g/mol. The first-order chi connectivity index (χ1) is 7.89. The Kier molecular flexibility index (Phi) is 4.59. The van der Waals surface area contributed by atoms with Crippen LogP contribution in [-0.4, -0.2) is 24.3 Å². The standard InChI is InChI=1S/C14H26O3/c1-5-7-14(4)8-6-11(13(14,2)3)12(16)17-10-9-15/h11,15H,5-10H2,1-4H3/t11?,14-/m1/s1. The third-order valence-corrected chi connectivity index (χ3v) is 4.83. The van der Waals surface area contributed by atoms with E-state index >= 15 is 0 Å². The van der Waals surface area contributed by atoms with Gasteiger partial charge in [-0.15, -0.1) is 0 Å². The summed E-state index contributed by atoms with van der Waals surface area (Å²) in [5.74, 6) is -0.158. The summed E-state index contributed by atoms with van der Waals surface area (Å²) >= 11 is 0. The van der Waals surface area contributed by atoms with Crippen LogP contribution in [-0.2, 0) is 9.53 Å². The van der Waals surface area contributed by atoms with Gasteiger partial charge in [-0.2, -0.15) is 0 Å². The molecule has 0 radical (unpaired) electrons. The molecule has 0 bridgehead atoms. The number of hydrogen-bond acceptors (Lipinski definition) is 3. The van der Waals surface area contributed by atoms with Gasteiger partial charge in [0.1, 0.15) is 6.61 Å². The second-order valence-electron chi connectivity index (χ2n) is 6.01. The molecular formula is C14H26O3. The van der Waals surface area contributed by atoms with Gasteiger partial charge in [0, 0.05) is 0 Å². The van der Waals surface area contributed by atoms with Gasteiger partial charge in [-0.3, -0.25) is 4.79 Å². The quantitative estimate of drug-likeness (QED) is 0.754. The van der Waals surface area contributed by atoms with E-state index in [1.807, 2.05) is 0 Å². The van der Waals surface area contributed by atoms with Crippen LogP contribution < -0.4 is 0 Å². The monoisotopic (exact) mass is 242 g/mol. The highest BCUT2D eigenvalue weighted by Gasteiger charge is 2.53. The van der Waals surface area contributed by atoms with Crippen molar-refractivity contribution < 1.29 is 14.6 Å². The first-order valence-corrected chi connectivity index (χ1v) is 6.66. The molecule has 1 aliphatic carbocycles.